The van der Waals surface area contributed by atoms with E-state index in [-0.39, 0.29) is 0 Å². The third-order valence-electron chi connectivity index (χ3n) is 2.56. The van der Waals surface area contributed by atoms with Crippen LogP contribution in [0, 0.1) is 11.8 Å². The topological polar surface area (TPSA) is 0 Å². The van der Waals surface area contributed by atoms with Gasteiger partial charge in [-0.25, -0.2) is 0 Å². The van der Waals surface area contributed by atoms with E-state index in [4.69, 9.17) is 11.6 Å². The summed E-state index contributed by atoms with van der Waals surface area (Å²) in [5, 5.41) is 0.722. The van der Waals surface area contributed by atoms with Crippen LogP contribution in [-0.2, 0) is 0 Å². The highest BCUT2D eigenvalue weighted by molar-refractivity contribution is 9.10. The van der Waals surface area contributed by atoms with Gasteiger partial charge in [-0.2, -0.15) is 0 Å². The van der Waals surface area contributed by atoms with Crippen LogP contribution in [0.25, 0.3) is 0 Å². The van der Waals surface area contributed by atoms with Gasteiger partial charge in [-0.3, -0.25) is 0 Å². The molecule has 1 rings (SSSR count). The summed E-state index contributed by atoms with van der Waals surface area (Å²) in [5.74, 6) is 6.35. The normalized spacial score (nSPS) is 9.82. The molecule has 0 spiro atoms. The molecule has 2 heteroatoms. The first-order chi connectivity index (χ1) is 8.24. The maximum Gasteiger partial charge on any atom is 0.0560 e. The first-order valence-corrected chi connectivity index (χ1v) is 7.35. The fraction of sp³-hybridized carbons (Fsp3) is 0.467. The van der Waals surface area contributed by atoms with Gasteiger partial charge in [0.15, 0.2) is 0 Å². The largest absolute Gasteiger partial charge is 0.0979 e. The van der Waals surface area contributed by atoms with Crippen LogP contribution in [0.2, 0.25) is 5.02 Å². The second kappa shape index (κ2) is 8.61. The number of hydrogen-bond donors (Lipinski definition) is 0. The molecular weight excluding hydrogens is 296 g/mol. The Morgan fingerprint density at radius 1 is 1.18 bits per heavy atom. The molecule has 0 N–H and O–H groups in total. The van der Waals surface area contributed by atoms with E-state index in [0.29, 0.717) is 0 Å². The molecule has 0 bridgehead atoms. The molecule has 0 aliphatic carbocycles. The lowest BCUT2D eigenvalue weighted by Crippen LogP contribution is -1.78. The molecule has 0 radical (unpaired) electrons. The van der Waals surface area contributed by atoms with Crippen LogP contribution in [0.15, 0.2) is 22.7 Å². The van der Waals surface area contributed by atoms with Crippen molar-refractivity contribution < 1.29 is 0 Å². The molecule has 0 amide bonds. The fourth-order valence-corrected chi connectivity index (χ4v) is 1.98. The van der Waals surface area contributed by atoms with Gasteiger partial charge in [0.05, 0.1) is 5.02 Å². The highest BCUT2D eigenvalue weighted by Gasteiger charge is 1.95. The molecule has 0 aliphatic heterocycles. The van der Waals surface area contributed by atoms with Crippen molar-refractivity contribution in [2.75, 3.05) is 0 Å². The van der Waals surface area contributed by atoms with Gasteiger partial charge >= 0.3 is 0 Å². The van der Waals surface area contributed by atoms with Gasteiger partial charge < -0.3 is 0 Å². The van der Waals surface area contributed by atoms with Crippen LogP contribution in [0.1, 0.15) is 51.0 Å². The number of benzene rings is 1. The van der Waals surface area contributed by atoms with E-state index in [0.717, 1.165) is 21.5 Å². The quantitative estimate of drug-likeness (QED) is 0.475. The summed E-state index contributed by atoms with van der Waals surface area (Å²) < 4.78 is 0.921. The Bertz CT molecular complexity index is 401. The van der Waals surface area contributed by atoms with E-state index < -0.39 is 0 Å². The van der Waals surface area contributed by atoms with Gasteiger partial charge in [0.25, 0.3) is 0 Å². The third kappa shape index (κ3) is 6.15. The average Bonchev–Trinajstić information content (AvgIpc) is 2.32. The van der Waals surface area contributed by atoms with E-state index in [9.17, 15) is 0 Å². The number of unbranched alkanes of at least 4 members (excludes halogenated alkanes) is 5. The summed E-state index contributed by atoms with van der Waals surface area (Å²) in [5.41, 5.74) is 0.992. The summed E-state index contributed by atoms with van der Waals surface area (Å²) in [6.07, 6.45) is 7.46. The van der Waals surface area contributed by atoms with Gasteiger partial charge in [-0.05, 0) is 40.5 Å². The standard InChI is InChI=1S/C15H18BrCl/c1-2-3-4-5-6-7-8-9-13-10-11-14(16)15(17)12-13/h10-12H,2-7H2,1H3. The number of hydrogen-bond acceptors (Lipinski definition) is 0. The molecule has 0 atom stereocenters. The number of rotatable bonds is 5. The van der Waals surface area contributed by atoms with Crippen molar-refractivity contribution in [1.29, 1.82) is 0 Å². The maximum atomic E-state index is 6.00. The molecule has 0 aromatic heterocycles. The second-order valence-electron chi connectivity index (χ2n) is 4.09. The van der Waals surface area contributed by atoms with Crippen LogP contribution in [0.3, 0.4) is 0 Å². The van der Waals surface area contributed by atoms with Crippen molar-refractivity contribution in [3.05, 3.63) is 33.3 Å². The van der Waals surface area contributed by atoms with Crippen molar-refractivity contribution >= 4 is 27.5 Å². The highest BCUT2D eigenvalue weighted by Crippen LogP contribution is 2.22. The molecule has 0 fully saturated rings. The van der Waals surface area contributed by atoms with Crippen LogP contribution in [0.5, 0.6) is 0 Å². The van der Waals surface area contributed by atoms with Crippen molar-refractivity contribution in [2.24, 2.45) is 0 Å². The zero-order chi connectivity index (χ0) is 12.5. The van der Waals surface area contributed by atoms with Gasteiger partial charge in [0, 0.05) is 16.5 Å². The Balaban J connectivity index is 2.31. The molecule has 0 heterocycles. The fourth-order valence-electron chi connectivity index (χ4n) is 1.56. The SMILES string of the molecule is CCCCCCCC#Cc1ccc(Br)c(Cl)c1. The van der Waals surface area contributed by atoms with Gasteiger partial charge in [0.1, 0.15) is 0 Å². The molecular formula is C15H18BrCl. The van der Waals surface area contributed by atoms with E-state index in [1.807, 2.05) is 18.2 Å². The maximum absolute atomic E-state index is 6.00. The minimum absolute atomic E-state index is 0.722. The predicted molar refractivity (Wildman–Crippen MR) is 79.4 cm³/mol. The minimum Gasteiger partial charge on any atom is -0.0979 e. The van der Waals surface area contributed by atoms with Gasteiger partial charge in [-0.15, -0.1) is 0 Å². The predicted octanol–water partition coefficient (Wildman–Crippen LogP) is 5.81. The average molecular weight is 314 g/mol. The van der Waals surface area contributed by atoms with Crippen LogP contribution in [0.4, 0.5) is 0 Å². The molecule has 17 heavy (non-hydrogen) atoms. The summed E-state index contributed by atoms with van der Waals surface area (Å²) >= 11 is 9.36. The number of halogens is 2. The summed E-state index contributed by atoms with van der Waals surface area (Å²) in [6.45, 7) is 2.23. The lowest BCUT2D eigenvalue weighted by Gasteiger charge is -1.96. The first kappa shape index (κ1) is 14.6. The van der Waals surface area contributed by atoms with Crippen LogP contribution in [-0.4, -0.2) is 0 Å². The molecule has 0 saturated carbocycles. The monoisotopic (exact) mass is 312 g/mol. The van der Waals surface area contributed by atoms with E-state index >= 15 is 0 Å². The third-order valence-corrected chi connectivity index (χ3v) is 3.79. The molecule has 0 aliphatic rings. The van der Waals surface area contributed by atoms with Crippen molar-refractivity contribution in [2.45, 2.75) is 45.4 Å². The van der Waals surface area contributed by atoms with Crippen LogP contribution < -0.4 is 0 Å². The van der Waals surface area contributed by atoms with Crippen molar-refractivity contribution in [1.82, 2.24) is 0 Å². The summed E-state index contributed by atoms with van der Waals surface area (Å²) in [4.78, 5) is 0. The van der Waals surface area contributed by atoms with Crippen molar-refractivity contribution in [3.8, 4) is 11.8 Å². The molecule has 0 saturated heterocycles. The smallest absolute Gasteiger partial charge is 0.0560 e. The lowest BCUT2D eigenvalue weighted by molar-refractivity contribution is 0.641. The highest BCUT2D eigenvalue weighted by atomic mass is 79.9. The zero-order valence-electron chi connectivity index (χ0n) is 10.2. The van der Waals surface area contributed by atoms with Gasteiger partial charge in [-0.1, -0.05) is 56.0 Å². The Labute approximate surface area is 118 Å². The Hall–Kier alpha value is -0.450. The first-order valence-electron chi connectivity index (χ1n) is 6.18. The minimum atomic E-state index is 0.722. The van der Waals surface area contributed by atoms with E-state index in [1.54, 1.807) is 0 Å². The molecule has 1 aromatic rings. The molecule has 0 nitrogen and oxygen atoms in total. The van der Waals surface area contributed by atoms with Gasteiger partial charge in [0.2, 0.25) is 0 Å². The summed E-state index contributed by atoms with van der Waals surface area (Å²) in [7, 11) is 0. The molecule has 0 unspecified atom stereocenters. The second-order valence-corrected chi connectivity index (χ2v) is 5.36. The Morgan fingerprint density at radius 2 is 1.94 bits per heavy atom. The van der Waals surface area contributed by atoms with E-state index in [2.05, 4.69) is 34.7 Å². The van der Waals surface area contributed by atoms with Crippen LogP contribution >= 0.6 is 27.5 Å². The zero-order valence-corrected chi connectivity index (χ0v) is 12.6. The molecule has 1 aromatic carbocycles. The van der Waals surface area contributed by atoms with Crippen molar-refractivity contribution in [3.63, 3.8) is 0 Å². The Morgan fingerprint density at radius 3 is 2.65 bits per heavy atom. The molecule has 92 valence electrons. The Kier molecular flexibility index (Phi) is 7.40. The van der Waals surface area contributed by atoms with E-state index in [1.165, 1.54) is 32.1 Å². The lowest BCUT2D eigenvalue weighted by atomic mass is 10.1. The summed E-state index contributed by atoms with van der Waals surface area (Å²) in [6, 6.07) is 5.82.